The van der Waals surface area contributed by atoms with Gasteiger partial charge in [-0.05, 0) is 31.9 Å². The molecule has 0 aliphatic carbocycles. The van der Waals surface area contributed by atoms with Crippen molar-refractivity contribution in [1.82, 2.24) is 4.98 Å². The summed E-state index contributed by atoms with van der Waals surface area (Å²) in [6.07, 6.45) is 4.99. The normalized spacial score (nSPS) is 10.4. The van der Waals surface area contributed by atoms with Gasteiger partial charge in [-0.2, -0.15) is 0 Å². The second-order valence-corrected chi connectivity index (χ2v) is 4.33. The molecule has 2 nitrogen and oxygen atoms in total. The number of hydrogen-bond donors (Lipinski definition) is 0. The monoisotopic (exact) mass is 220 g/mol. The predicted octanol–water partition coefficient (Wildman–Crippen LogP) is 3.80. The first-order valence-electron chi connectivity index (χ1n) is 6.46. The zero-order chi connectivity index (χ0) is 11.8. The average molecular weight is 220 g/mol. The Balaban J connectivity index is 2.66. The number of unbranched alkanes of at least 4 members (excludes halogenated alkanes) is 2. The minimum Gasteiger partial charge on any atom is -0.357 e. The Morgan fingerprint density at radius 2 is 1.69 bits per heavy atom. The van der Waals surface area contributed by atoms with Gasteiger partial charge in [-0.3, -0.25) is 0 Å². The summed E-state index contributed by atoms with van der Waals surface area (Å²) in [4.78, 5) is 7.02. The molecular weight excluding hydrogens is 196 g/mol. The zero-order valence-electron chi connectivity index (χ0n) is 10.9. The molecule has 16 heavy (non-hydrogen) atoms. The van der Waals surface area contributed by atoms with E-state index in [0.29, 0.717) is 0 Å². The molecule has 1 aromatic heterocycles. The highest BCUT2D eigenvalue weighted by Crippen LogP contribution is 2.13. The van der Waals surface area contributed by atoms with E-state index in [1.54, 1.807) is 0 Å². The van der Waals surface area contributed by atoms with E-state index in [9.17, 15) is 0 Å². The third-order valence-electron chi connectivity index (χ3n) is 2.76. The van der Waals surface area contributed by atoms with Gasteiger partial charge >= 0.3 is 0 Å². The van der Waals surface area contributed by atoms with Crippen LogP contribution in [0.15, 0.2) is 18.2 Å². The van der Waals surface area contributed by atoms with E-state index in [1.165, 1.54) is 25.7 Å². The van der Waals surface area contributed by atoms with Crippen LogP contribution in [0.25, 0.3) is 0 Å². The van der Waals surface area contributed by atoms with E-state index in [4.69, 9.17) is 0 Å². The summed E-state index contributed by atoms with van der Waals surface area (Å²) in [5.74, 6) is 1.14. The van der Waals surface area contributed by atoms with Crippen molar-refractivity contribution >= 4 is 5.82 Å². The highest BCUT2D eigenvalue weighted by molar-refractivity contribution is 5.38. The number of pyridine rings is 1. The molecule has 90 valence electrons. The van der Waals surface area contributed by atoms with Gasteiger partial charge in [-0.25, -0.2) is 4.98 Å². The van der Waals surface area contributed by atoms with Crippen LogP contribution < -0.4 is 4.90 Å². The number of nitrogens with zero attached hydrogens (tertiary/aromatic N) is 2. The topological polar surface area (TPSA) is 16.1 Å². The van der Waals surface area contributed by atoms with Crippen molar-refractivity contribution < 1.29 is 0 Å². The van der Waals surface area contributed by atoms with Crippen molar-refractivity contribution in [3.63, 3.8) is 0 Å². The first-order chi connectivity index (χ1) is 7.77. The first-order valence-corrected chi connectivity index (χ1v) is 6.46. The molecule has 1 aromatic rings. The summed E-state index contributed by atoms with van der Waals surface area (Å²) in [6, 6.07) is 6.28. The standard InChI is InChI=1S/C14H24N2/c1-4-6-11-16(12-7-5-2)14-10-8-9-13(3)15-14/h8-10H,4-7,11-12H2,1-3H3. The summed E-state index contributed by atoms with van der Waals surface area (Å²) in [5.41, 5.74) is 1.11. The lowest BCUT2D eigenvalue weighted by atomic mass is 10.2. The highest BCUT2D eigenvalue weighted by atomic mass is 15.2. The number of aryl methyl sites for hydroxylation is 1. The van der Waals surface area contributed by atoms with Crippen molar-refractivity contribution in [2.75, 3.05) is 18.0 Å². The van der Waals surface area contributed by atoms with Crippen LogP contribution in [0, 0.1) is 6.92 Å². The molecule has 0 radical (unpaired) electrons. The maximum atomic E-state index is 4.61. The minimum atomic E-state index is 1.11. The second-order valence-electron chi connectivity index (χ2n) is 4.33. The van der Waals surface area contributed by atoms with Crippen LogP contribution in [-0.2, 0) is 0 Å². The van der Waals surface area contributed by atoms with Crippen molar-refractivity contribution in [3.05, 3.63) is 23.9 Å². The lowest BCUT2D eigenvalue weighted by Gasteiger charge is -2.23. The minimum absolute atomic E-state index is 1.11. The summed E-state index contributed by atoms with van der Waals surface area (Å²) < 4.78 is 0. The maximum absolute atomic E-state index is 4.61. The largest absolute Gasteiger partial charge is 0.357 e. The lowest BCUT2D eigenvalue weighted by molar-refractivity contribution is 0.670. The average Bonchev–Trinajstić information content (AvgIpc) is 2.29. The predicted molar refractivity (Wildman–Crippen MR) is 71.0 cm³/mol. The van der Waals surface area contributed by atoms with Gasteiger partial charge in [0.15, 0.2) is 0 Å². The summed E-state index contributed by atoms with van der Waals surface area (Å²) in [7, 11) is 0. The molecule has 0 bridgehead atoms. The number of anilines is 1. The van der Waals surface area contributed by atoms with Crippen LogP contribution >= 0.6 is 0 Å². The Bertz CT molecular complexity index is 289. The van der Waals surface area contributed by atoms with Crippen molar-refractivity contribution in [1.29, 1.82) is 0 Å². The second kappa shape index (κ2) is 7.26. The third-order valence-corrected chi connectivity index (χ3v) is 2.76. The number of hydrogen-bond acceptors (Lipinski definition) is 2. The summed E-state index contributed by atoms with van der Waals surface area (Å²) in [6.45, 7) is 8.80. The third kappa shape index (κ3) is 4.21. The van der Waals surface area contributed by atoms with E-state index in [-0.39, 0.29) is 0 Å². The molecular formula is C14H24N2. The Morgan fingerprint density at radius 3 is 2.19 bits per heavy atom. The van der Waals surface area contributed by atoms with E-state index >= 15 is 0 Å². The Hall–Kier alpha value is -1.05. The van der Waals surface area contributed by atoms with Crippen molar-refractivity contribution in [3.8, 4) is 0 Å². The van der Waals surface area contributed by atoms with E-state index in [1.807, 2.05) is 0 Å². The number of aromatic nitrogens is 1. The fourth-order valence-electron chi connectivity index (χ4n) is 1.74. The summed E-state index contributed by atoms with van der Waals surface area (Å²) >= 11 is 0. The van der Waals surface area contributed by atoms with Gasteiger partial charge < -0.3 is 4.90 Å². The van der Waals surface area contributed by atoms with Crippen molar-refractivity contribution in [2.24, 2.45) is 0 Å². The molecule has 2 heteroatoms. The van der Waals surface area contributed by atoms with E-state index < -0.39 is 0 Å². The molecule has 0 spiro atoms. The van der Waals surface area contributed by atoms with Gasteiger partial charge in [0.25, 0.3) is 0 Å². The van der Waals surface area contributed by atoms with Gasteiger partial charge in [-0.15, -0.1) is 0 Å². The Morgan fingerprint density at radius 1 is 1.06 bits per heavy atom. The molecule has 1 heterocycles. The molecule has 0 fully saturated rings. The van der Waals surface area contributed by atoms with Crippen LogP contribution in [0.3, 0.4) is 0 Å². The highest BCUT2D eigenvalue weighted by Gasteiger charge is 2.06. The van der Waals surface area contributed by atoms with Gasteiger partial charge in [0.1, 0.15) is 5.82 Å². The maximum Gasteiger partial charge on any atom is 0.128 e. The van der Waals surface area contributed by atoms with Gasteiger partial charge in [0.2, 0.25) is 0 Å². The van der Waals surface area contributed by atoms with Crippen LogP contribution in [0.1, 0.15) is 45.2 Å². The van der Waals surface area contributed by atoms with Crippen LogP contribution in [0.4, 0.5) is 5.82 Å². The molecule has 0 aromatic carbocycles. The van der Waals surface area contributed by atoms with Gasteiger partial charge in [-0.1, -0.05) is 32.8 Å². The van der Waals surface area contributed by atoms with Gasteiger partial charge in [0, 0.05) is 18.8 Å². The first kappa shape index (κ1) is 13.0. The molecule has 0 N–H and O–H groups in total. The molecule has 0 amide bonds. The molecule has 0 aliphatic heterocycles. The SMILES string of the molecule is CCCCN(CCCC)c1cccc(C)n1. The quantitative estimate of drug-likeness (QED) is 0.695. The fraction of sp³-hybridized carbons (Fsp3) is 0.643. The number of rotatable bonds is 7. The van der Waals surface area contributed by atoms with Crippen LogP contribution in [0.5, 0.6) is 0 Å². The molecule has 1 rings (SSSR count). The Kier molecular flexibility index (Phi) is 5.91. The zero-order valence-corrected chi connectivity index (χ0v) is 10.9. The molecule has 0 atom stereocenters. The Labute approximate surface area is 99.7 Å². The van der Waals surface area contributed by atoms with Gasteiger partial charge in [0.05, 0.1) is 0 Å². The summed E-state index contributed by atoms with van der Waals surface area (Å²) in [5, 5.41) is 0. The smallest absolute Gasteiger partial charge is 0.128 e. The van der Waals surface area contributed by atoms with Crippen molar-refractivity contribution in [2.45, 2.75) is 46.5 Å². The van der Waals surface area contributed by atoms with Crippen LogP contribution in [-0.4, -0.2) is 18.1 Å². The molecule has 0 aliphatic rings. The molecule has 0 saturated carbocycles. The molecule has 0 saturated heterocycles. The molecule has 0 unspecified atom stereocenters. The van der Waals surface area contributed by atoms with E-state index in [0.717, 1.165) is 24.6 Å². The lowest BCUT2D eigenvalue weighted by Crippen LogP contribution is -2.26. The van der Waals surface area contributed by atoms with Crippen LogP contribution in [0.2, 0.25) is 0 Å². The fourth-order valence-corrected chi connectivity index (χ4v) is 1.74. The van der Waals surface area contributed by atoms with E-state index in [2.05, 4.69) is 48.9 Å².